The molecular weight excluding hydrogens is 480 g/mol. The van der Waals surface area contributed by atoms with Crippen molar-refractivity contribution in [3.8, 4) is 33.4 Å². The highest BCUT2D eigenvalue weighted by atomic mass is 14.3. The Labute approximate surface area is 244 Å². The quantitative estimate of drug-likeness (QED) is 0.247. The van der Waals surface area contributed by atoms with Crippen LogP contribution in [0.4, 0.5) is 0 Å². The van der Waals surface area contributed by atoms with Crippen LogP contribution in [0.15, 0.2) is 84.9 Å². The zero-order valence-electron chi connectivity index (χ0n) is 27.1. The van der Waals surface area contributed by atoms with Crippen molar-refractivity contribution in [1.82, 2.24) is 0 Å². The topological polar surface area (TPSA) is 0 Å². The van der Waals surface area contributed by atoms with Gasteiger partial charge in [-0.3, -0.25) is 0 Å². The normalized spacial score (nSPS) is 13.0. The second-order valence-corrected chi connectivity index (χ2v) is 15.6. The molecule has 0 aliphatic heterocycles. The molecule has 0 nitrogen and oxygen atoms in total. The maximum absolute atomic E-state index is 2.36. The summed E-state index contributed by atoms with van der Waals surface area (Å²) in [5.41, 5.74) is 13.6. The summed E-state index contributed by atoms with van der Waals surface area (Å²) in [6, 6.07) is 31.9. The predicted octanol–water partition coefficient (Wildman–Crippen LogP) is 11.9. The van der Waals surface area contributed by atoms with E-state index in [2.05, 4.69) is 168 Å². The van der Waals surface area contributed by atoms with Gasteiger partial charge in [-0.05, 0) is 77.3 Å². The molecule has 0 aliphatic carbocycles. The molecule has 0 atom stereocenters. The molecular formula is C40H50. The maximum Gasteiger partial charge on any atom is -0.00264 e. The van der Waals surface area contributed by atoms with Gasteiger partial charge in [-0.2, -0.15) is 0 Å². The van der Waals surface area contributed by atoms with E-state index in [0.717, 1.165) is 0 Å². The van der Waals surface area contributed by atoms with Crippen LogP contribution in [0.1, 0.15) is 105 Å². The number of hydrogen-bond acceptors (Lipinski definition) is 0. The average molecular weight is 531 g/mol. The van der Waals surface area contributed by atoms with Gasteiger partial charge in [0.2, 0.25) is 0 Å². The van der Waals surface area contributed by atoms with E-state index in [-0.39, 0.29) is 21.7 Å². The Balaban J connectivity index is 2.28. The van der Waals surface area contributed by atoms with E-state index in [4.69, 9.17) is 0 Å². The van der Waals surface area contributed by atoms with Crippen LogP contribution in [0.3, 0.4) is 0 Å². The van der Waals surface area contributed by atoms with Crippen LogP contribution >= 0.6 is 0 Å². The van der Waals surface area contributed by atoms with Crippen molar-refractivity contribution in [2.45, 2.75) is 105 Å². The van der Waals surface area contributed by atoms with Gasteiger partial charge < -0.3 is 0 Å². The van der Waals surface area contributed by atoms with E-state index in [1.807, 2.05) is 0 Å². The SMILES string of the molecule is CC(C)(C)c1cccc(C(C)(C)C)c1-c1cccc(-c2c(C(C)(C)C)cccc2C(C)(C)C)c1-c1ccccc1. The Bertz CT molecular complexity index is 1330. The van der Waals surface area contributed by atoms with Gasteiger partial charge in [0.25, 0.3) is 0 Å². The summed E-state index contributed by atoms with van der Waals surface area (Å²) in [6.07, 6.45) is 0. The van der Waals surface area contributed by atoms with Crippen LogP contribution in [-0.2, 0) is 21.7 Å². The predicted molar refractivity (Wildman–Crippen MR) is 178 cm³/mol. The summed E-state index contributed by atoms with van der Waals surface area (Å²) in [7, 11) is 0. The molecule has 0 radical (unpaired) electrons. The second kappa shape index (κ2) is 10.4. The molecule has 0 heteroatoms. The van der Waals surface area contributed by atoms with Gasteiger partial charge in [0.05, 0.1) is 0 Å². The zero-order valence-corrected chi connectivity index (χ0v) is 27.1. The Morgan fingerprint density at radius 1 is 0.300 bits per heavy atom. The molecule has 0 heterocycles. The molecule has 4 rings (SSSR count). The Morgan fingerprint density at radius 2 is 0.600 bits per heavy atom. The van der Waals surface area contributed by atoms with Crippen molar-refractivity contribution in [1.29, 1.82) is 0 Å². The Hall–Kier alpha value is -3.12. The lowest BCUT2D eigenvalue weighted by molar-refractivity contribution is 0.572. The van der Waals surface area contributed by atoms with Crippen LogP contribution in [0.2, 0.25) is 0 Å². The van der Waals surface area contributed by atoms with E-state index < -0.39 is 0 Å². The molecule has 0 saturated carbocycles. The fourth-order valence-electron chi connectivity index (χ4n) is 6.07. The summed E-state index contributed by atoms with van der Waals surface area (Å²) in [5.74, 6) is 0. The van der Waals surface area contributed by atoms with Gasteiger partial charge in [0.1, 0.15) is 0 Å². The second-order valence-electron chi connectivity index (χ2n) is 15.6. The Kier molecular flexibility index (Phi) is 7.74. The number of benzene rings is 4. The summed E-state index contributed by atoms with van der Waals surface area (Å²) in [5, 5.41) is 0. The Morgan fingerprint density at radius 3 is 0.900 bits per heavy atom. The molecule has 0 aromatic heterocycles. The largest absolute Gasteiger partial charge is 0.0622 e. The minimum atomic E-state index is 0.000439. The molecule has 0 saturated heterocycles. The van der Waals surface area contributed by atoms with Crippen LogP contribution in [0, 0.1) is 0 Å². The first kappa shape index (κ1) is 29.9. The highest BCUT2D eigenvalue weighted by Crippen LogP contribution is 2.50. The summed E-state index contributed by atoms with van der Waals surface area (Å²) in [6.45, 7) is 28.1. The van der Waals surface area contributed by atoms with Crippen molar-refractivity contribution < 1.29 is 0 Å². The minimum absolute atomic E-state index is 0.000439. The maximum atomic E-state index is 2.36. The van der Waals surface area contributed by atoms with E-state index in [1.165, 1.54) is 55.6 Å². The van der Waals surface area contributed by atoms with Gasteiger partial charge in [-0.25, -0.2) is 0 Å². The van der Waals surface area contributed by atoms with Crippen molar-refractivity contribution >= 4 is 0 Å². The fraction of sp³-hybridized carbons (Fsp3) is 0.400. The lowest BCUT2D eigenvalue weighted by Crippen LogP contribution is -2.20. The van der Waals surface area contributed by atoms with E-state index >= 15 is 0 Å². The van der Waals surface area contributed by atoms with Crippen LogP contribution in [0.5, 0.6) is 0 Å². The van der Waals surface area contributed by atoms with Crippen LogP contribution in [-0.4, -0.2) is 0 Å². The summed E-state index contributed by atoms with van der Waals surface area (Å²) < 4.78 is 0. The molecule has 0 unspecified atom stereocenters. The van der Waals surface area contributed by atoms with Gasteiger partial charge >= 0.3 is 0 Å². The molecule has 0 aliphatic rings. The van der Waals surface area contributed by atoms with Gasteiger partial charge in [-0.1, -0.05) is 168 Å². The zero-order chi connectivity index (χ0) is 29.7. The van der Waals surface area contributed by atoms with E-state index in [0.29, 0.717) is 0 Å². The average Bonchev–Trinajstić information content (AvgIpc) is 2.86. The molecule has 40 heavy (non-hydrogen) atoms. The van der Waals surface area contributed by atoms with Crippen molar-refractivity contribution in [2.24, 2.45) is 0 Å². The van der Waals surface area contributed by atoms with E-state index in [1.54, 1.807) is 0 Å². The van der Waals surface area contributed by atoms with Crippen molar-refractivity contribution in [3.05, 3.63) is 107 Å². The lowest BCUT2D eigenvalue weighted by Gasteiger charge is -2.33. The monoisotopic (exact) mass is 530 g/mol. The summed E-state index contributed by atoms with van der Waals surface area (Å²) in [4.78, 5) is 0. The molecule has 0 bridgehead atoms. The molecule has 0 amide bonds. The molecule has 0 spiro atoms. The first-order valence-electron chi connectivity index (χ1n) is 14.9. The standard InChI is InChI=1S/C40H50/c1-37(2,3)30-23-17-24-31(38(4,5)6)35(30)28-21-16-22-29(34(28)27-19-14-13-15-20-27)36-32(39(7,8)9)25-18-26-33(36)40(10,11)12/h13-26H,1-12H3. The highest BCUT2D eigenvalue weighted by Gasteiger charge is 2.31. The first-order chi connectivity index (χ1) is 18.4. The van der Waals surface area contributed by atoms with Gasteiger partial charge in [-0.15, -0.1) is 0 Å². The van der Waals surface area contributed by atoms with Gasteiger partial charge in [0, 0.05) is 0 Å². The number of rotatable bonds is 3. The highest BCUT2D eigenvalue weighted by molar-refractivity contribution is 5.98. The third kappa shape index (κ3) is 5.83. The lowest BCUT2D eigenvalue weighted by atomic mass is 9.70. The van der Waals surface area contributed by atoms with E-state index in [9.17, 15) is 0 Å². The molecule has 210 valence electrons. The number of hydrogen-bond donors (Lipinski definition) is 0. The molecule has 0 fully saturated rings. The molecule has 4 aromatic rings. The summed E-state index contributed by atoms with van der Waals surface area (Å²) >= 11 is 0. The van der Waals surface area contributed by atoms with Crippen LogP contribution in [0.25, 0.3) is 33.4 Å². The van der Waals surface area contributed by atoms with Crippen molar-refractivity contribution in [2.75, 3.05) is 0 Å². The fourth-order valence-corrected chi connectivity index (χ4v) is 6.07. The van der Waals surface area contributed by atoms with Crippen molar-refractivity contribution in [3.63, 3.8) is 0 Å². The van der Waals surface area contributed by atoms with Gasteiger partial charge in [0.15, 0.2) is 0 Å². The first-order valence-corrected chi connectivity index (χ1v) is 14.9. The molecule has 4 aromatic carbocycles. The molecule has 0 N–H and O–H groups in total. The smallest absolute Gasteiger partial charge is 0.00264 e. The minimum Gasteiger partial charge on any atom is -0.0622 e. The third-order valence-corrected chi connectivity index (χ3v) is 8.03. The third-order valence-electron chi connectivity index (χ3n) is 8.03. The van der Waals surface area contributed by atoms with Crippen LogP contribution < -0.4 is 0 Å².